The Morgan fingerprint density at radius 3 is 2.90 bits per heavy atom. The molecule has 4 heterocycles. The Balaban J connectivity index is 1.37. The molecule has 2 atom stereocenters. The lowest BCUT2D eigenvalue weighted by molar-refractivity contribution is -0.134. The number of hydrogen-bond donors (Lipinski definition) is 1. The van der Waals surface area contributed by atoms with E-state index in [1.807, 2.05) is 9.47 Å². The fraction of sp³-hybridized carbons (Fsp3) is 0.786. The minimum absolute atomic E-state index is 0.297. The van der Waals surface area contributed by atoms with Gasteiger partial charge in [-0.3, -0.25) is 4.79 Å². The number of nitrogens with one attached hydrogen (secondary N) is 1. The number of hydrogen-bond acceptors (Lipinski definition) is 4. The molecule has 3 aliphatic heterocycles. The fourth-order valence-corrected chi connectivity index (χ4v) is 4.00. The molecule has 108 valence electrons. The van der Waals surface area contributed by atoms with Crippen molar-refractivity contribution in [1.29, 1.82) is 0 Å². The smallest absolute Gasteiger partial charge is 0.223 e. The maximum absolute atomic E-state index is 12.5. The normalized spacial score (nSPS) is 32.2. The van der Waals surface area contributed by atoms with Gasteiger partial charge in [0.1, 0.15) is 6.33 Å². The molecule has 1 amide bonds. The van der Waals surface area contributed by atoms with E-state index >= 15 is 0 Å². The van der Waals surface area contributed by atoms with Crippen LogP contribution in [-0.2, 0) is 17.9 Å². The monoisotopic (exact) mass is 275 g/mol. The summed E-state index contributed by atoms with van der Waals surface area (Å²) in [4.78, 5) is 14.4. The largest absolute Gasteiger partial charge is 0.333 e. The Bertz CT molecular complexity index is 501. The summed E-state index contributed by atoms with van der Waals surface area (Å²) in [5, 5.41) is 11.6. The van der Waals surface area contributed by atoms with E-state index in [0.717, 1.165) is 18.9 Å². The van der Waals surface area contributed by atoms with E-state index in [0.29, 0.717) is 36.9 Å². The van der Waals surface area contributed by atoms with Gasteiger partial charge in [0.05, 0.1) is 6.54 Å². The van der Waals surface area contributed by atoms with Gasteiger partial charge >= 0.3 is 0 Å². The third-order valence-corrected chi connectivity index (χ3v) is 5.03. The Kier molecular flexibility index (Phi) is 2.98. The van der Waals surface area contributed by atoms with Crippen LogP contribution in [0.1, 0.15) is 37.9 Å². The molecule has 1 N–H and O–H groups in total. The number of aromatic nitrogens is 3. The van der Waals surface area contributed by atoms with Crippen molar-refractivity contribution in [2.45, 2.75) is 57.3 Å². The number of carbonyl (C=O) groups is 1. The van der Waals surface area contributed by atoms with Crippen molar-refractivity contribution in [3.63, 3.8) is 0 Å². The Morgan fingerprint density at radius 1 is 1.30 bits per heavy atom. The maximum Gasteiger partial charge on any atom is 0.223 e. The molecule has 0 aromatic carbocycles. The van der Waals surface area contributed by atoms with E-state index in [4.69, 9.17) is 0 Å². The van der Waals surface area contributed by atoms with Crippen LogP contribution in [0, 0.1) is 5.92 Å². The van der Waals surface area contributed by atoms with E-state index in [1.54, 1.807) is 6.33 Å². The average molecular weight is 275 g/mol. The van der Waals surface area contributed by atoms with Crippen molar-refractivity contribution in [2.24, 2.45) is 5.92 Å². The summed E-state index contributed by atoms with van der Waals surface area (Å²) in [5.74, 6) is 1.78. The molecule has 2 fully saturated rings. The average Bonchev–Trinajstić information content (AvgIpc) is 3.04. The van der Waals surface area contributed by atoms with Crippen molar-refractivity contribution in [3.8, 4) is 0 Å². The van der Waals surface area contributed by atoms with Crippen molar-refractivity contribution in [2.75, 3.05) is 6.54 Å². The van der Waals surface area contributed by atoms with Gasteiger partial charge < -0.3 is 14.8 Å². The second-order valence-corrected chi connectivity index (χ2v) is 6.44. The quantitative estimate of drug-likeness (QED) is 0.856. The third-order valence-electron chi connectivity index (χ3n) is 5.03. The molecule has 2 unspecified atom stereocenters. The van der Waals surface area contributed by atoms with Crippen LogP contribution >= 0.6 is 0 Å². The molecule has 0 radical (unpaired) electrons. The summed E-state index contributed by atoms with van der Waals surface area (Å²) in [7, 11) is 0. The highest BCUT2D eigenvalue weighted by Gasteiger charge is 2.35. The third kappa shape index (κ3) is 2.22. The molecule has 0 aliphatic carbocycles. The first-order chi connectivity index (χ1) is 9.78. The van der Waals surface area contributed by atoms with Crippen LogP contribution in [0.4, 0.5) is 0 Å². The first-order valence-corrected chi connectivity index (χ1v) is 7.68. The van der Waals surface area contributed by atoms with Crippen LogP contribution in [0.3, 0.4) is 0 Å². The number of carbonyl (C=O) groups excluding carboxylic acids is 1. The van der Waals surface area contributed by atoms with Gasteiger partial charge in [-0.2, -0.15) is 0 Å². The van der Waals surface area contributed by atoms with Gasteiger partial charge in [-0.25, -0.2) is 0 Å². The molecule has 0 spiro atoms. The Labute approximate surface area is 118 Å². The van der Waals surface area contributed by atoms with E-state index in [9.17, 15) is 4.79 Å². The number of piperidine rings is 1. The summed E-state index contributed by atoms with van der Waals surface area (Å²) < 4.78 is 2.04. The molecule has 6 nitrogen and oxygen atoms in total. The molecule has 20 heavy (non-hydrogen) atoms. The van der Waals surface area contributed by atoms with Crippen LogP contribution in [0.5, 0.6) is 0 Å². The molecule has 2 saturated heterocycles. The Hall–Kier alpha value is -1.43. The highest BCUT2D eigenvalue weighted by Crippen LogP contribution is 2.33. The molecule has 0 saturated carbocycles. The minimum atomic E-state index is 0.297. The number of nitrogens with zero attached hydrogens (tertiary/aromatic N) is 4. The molecule has 2 bridgehead atoms. The zero-order chi connectivity index (χ0) is 13.5. The molecular formula is C14H21N5O. The van der Waals surface area contributed by atoms with Gasteiger partial charge in [-0.05, 0) is 31.6 Å². The predicted molar refractivity (Wildman–Crippen MR) is 72.7 cm³/mol. The van der Waals surface area contributed by atoms with Gasteiger partial charge in [0.2, 0.25) is 5.91 Å². The highest BCUT2D eigenvalue weighted by molar-refractivity contribution is 5.76. The SMILES string of the molecule is O=C(CC1CC2CCC(C1)N2)N1CCn2cnnc2C1. The molecule has 1 aromatic heterocycles. The molecule has 4 rings (SSSR count). The second kappa shape index (κ2) is 4.84. The number of fused-ring (bicyclic) bond motifs is 3. The predicted octanol–water partition coefficient (Wildman–Crippen LogP) is 0.541. The zero-order valence-corrected chi connectivity index (χ0v) is 11.7. The molecule has 3 aliphatic rings. The fourth-order valence-electron chi connectivity index (χ4n) is 4.00. The highest BCUT2D eigenvalue weighted by atomic mass is 16.2. The van der Waals surface area contributed by atoms with Gasteiger partial charge in [-0.15, -0.1) is 10.2 Å². The lowest BCUT2D eigenvalue weighted by Gasteiger charge is -2.32. The van der Waals surface area contributed by atoms with Gasteiger partial charge in [0.25, 0.3) is 0 Å². The molecular weight excluding hydrogens is 254 g/mol. The van der Waals surface area contributed by atoms with Crippen LogP contribution < -0.4 is 5.32 Å². The maximum atomic E-state index is 12.5. The lowest BCUT2D eigenvalue weighted by atomic mass is 9.89. The minimum Gasteiger partial charge on any atom is -0.333 e. The van der Waals surface area contributed by atoms with Crippen LogP contribution in [0.2, 0.25) is 0 Å². The van der Waals surface area contributed by atoms with Crippen molar-refractivity contribution in [3.05, 3.63) is 12.2 Å². The summed E-state index contributed by atoms with van der Waals surface area (Å²) in [6.45, 7) is 2.24. The van der Waals surface area contributed by atoms with Gasteiger partial charge in [0, 0.05) is 31.6 Å². The number of amides is 1. The Morgan fingerprint density at radius 2 is 2.10 bits per heavy atom. The second-order valence-electron chi connectivity index (χ2n) is 6.44. The van der Waals surface area contributed by atoms with Gasteiger partial charge in [-0.1, -0.05) is 0 Å². The van der Waals surface area contributed by atoms with Gasteiger partial charge in [0.15, 0.2) is 5.82 Å². The topological polar surface area (TPSA) is 63.1 Å². The lowest BCUT2D eigenvalue weighted by Crippen LogP contribution is -2.42. The van der Waals surface area contributed by atoms with E-state index < -0.39 is 0 Å². The zero-order valence-electron chi connectivity index (χ0n) is 11.7. The van der Waals surface area contributed by atoms with Crippen molar-refractivity contribution < 1.29 is 4.79 Å². The molecule has 6 heteroatoms. The first-order valence-electron chi connectivity index (χ1n) is 7.68. The summed E-state index contributed by atoms with van der Waals surface area (Å²) >= 11 is 0. The van der Waals surface area contributed by atoms with Crippen molar-refractivity contribution in [1.82, 2.24) is 25.0 Å². The molecule has 1 aromatic rings. The number of rotatable bonds is 2. The van der Waals surface area contributed by atoms with E-state index in [1.165, 1.54) is 25.7 Å². The van der Waals surface area contributed by atoms with Crippen LogP contribution in [-0.4, -0.2) is 44.2 Å². The summed E-state index contributed by atoms with van der Waals surface area (Å²) in [5.41, 5.74) is 0. The van der Waals surface area contributed by atoms with E-state index in [2.05, 4.69) is 15.5 Å². The van der Waals surface area contributed by atoms with Crippen LogP contribution in [0.25, 0.3) is 0 Å². The summed E-state index contributed by atoms with van der Waals surface area (Å²) in [6, 6.07) is 1.33. The van der Waals surface area contributed by atoms with Crippen molar-refractivity contribution >= 4 is 5.91 Å². The summed E-state index contributed by atoms with van der Waals surface area (Å²) in [6.07, 6.45) is 7.40. The first kappa shape index (κ1) is 12.3. The van der Waals surface area contributed by atoms with Crippen LogP contribution in [0.15, 0.2) is 6.33 Å². The van der Waals surface area contributed by atoms with E-state index in [-0.39, 0.29) is 0 Å². The standard InChI is InChI=1S/C14H21N5O/c20-14(7-10-5-11-1-2-12(6-10)16-11)18-3-4-19-9-15-17-13(19)8-18/h9-12,16H,1-8H2.